The minimum atomic E-state index is -4.98. The van der Waals surface area contributed by atoms with E-state index in [9.17, 15) is 22.0 Å². The molecule has 72 valence electrons. The average Bonchev–Trinajstić information content (AvgIpc) is 1.95. The van der Waals surface area contributed by atoms with E-state index in [0.29, 0.717) is 12.1 Å². The highest BCUT2D eigenvalue weighted by Crippen LogP contribution is 2.37. The second-order valence-electron chi connectivity index (χ2n) is 2.22. The molecule has 6 heteroatoms. The zero-order valence-electron chi connectivity index (χ0n) is 5.92. The number of hydrogen-bond donors (Lipinski definition) is 0. The number of alkyl halides is 3. The van der Waals surface area contributed by atoms with Gasteiger partial charge in [0, 0.05) is 0 Å². The molecule has 0 atom stereocenters. The fourth-order valence-electron chi connectivity index (χ4n) is 0.787. The summed E-state index contributed by atoms with van der Waals surface area (Å²) in [4.78, 5) is 0. The Hall–Kier alpha value is -0.840. The van der Waals surface area contributed by atoms with Crippen molar-refractivity contribution >= 4 is 11.6 Å². The Bertz CT molecular complexity index is 330. The molecule has 0 aliphatic heterocycles. The van der Waals surface area contributed by atoms with Gasteiger partial charge in [-0.25, -0.2) is 8.78 Å². The molecule has 0 unspecified atom stereocenters. The van der Waals surface area contributed by atoms with Crippen molar-refractivity contribution in [2.75, 3.05) is 0 Å². The van der Waals surface area contributed by atoms with Crippen molar-refractivity contribution in [2.45, 2.75) is 6.18 Å². The van der Waals surface area contributed by atoms with Crippen LogP contribution in [0, 0.1) is 11.6 Å². The van der Waals surface area contributed by atoms with Crippen LogP contribution in [-0.2, 0) is 6.18 Å². The summed E-state index contributed by atoms with van der Waals surface area (Å²) in [5, 5.41) is -0.855. The molecule has 1 aromatic carbocycles. The molecule has 0 fully saturated rings. The van der Waals surface area contributed by atoms with Crippen LogP contribution in [0.3, 0.4) is 0 Å². The highest BCUT2D eigenvalue weighted by molar-refractivity contribution is 6.31. The number of hydrogen-bond acceptors (Lipinski definition) is 0. The summed E-state index contributed by atoms with van der Waals surface area (Å²) in [6.07, 6.45) is -4.98. The molecule has 1 rings (SSSR count). The van der Waals surface area contributed by atoms with Crippen molar-refractivity contribution in [3.05, 3.63) is 34.4 Å². The summed E-state index contributed by atoms with van der Waals surface area (Å²) in [6.45, 7) is 0. The first kappa shape index (κ1) is 10.2. The van der Waals surface area contributed by atoms with Gasteiger partial charge in [0.05, 0.1) is 5.02 Å². The lowest BCUT2D eigenvalue weighted by atomic mass is 10.2. The van der Waals surface area contributed by atoms with Gasteiger partial charge in [-0.1, -0.05) is 11.6 Å². The van der Waals surface area contributed by atoms with Crippen molar-refractivity contribution in [1.82, 2.24) is 0 Å². The van der Waals surface area contributed by atoms with Crippen LogP contribution in [0.5, 0.6) is 0 Å². The molecule has 0 aliphatic carbocycles. The van der Waals surface area contributed by atoms with Crippen LogP contribution in [0.25, 0.3) is 0 Å². The summed E-state index contributed by atoms with van der Waals surface area (Å²) in [6, 6.07) is 1.19. The van der Waals surface area contributed by atoms with E-state index in [1.165, 1.54) is 0 Å². The van der Waals surface area contributed by atoms with Crippen LogP contribution in [0.1, 0.15) is 5.56 Å². The Morgan fingerprint density at radius 3 is 2.00 bits per heavy atom. The van der Waals surface area contributed by atoms with E-state index < -0.39 is 28.4 Å². The van der Waals surface area contributed by atoms with Crippen LogP contribution < -0.4 is 0 Å². The van der Waals surface area contributed by atoms with Crippen LogP contribution >= 0.6 is 11.6 Å². The molecule has 0 spiro atoms. The van der Waals surface area contributed by atoms with Crippen molar-refractivity contribution < 1.29 is 22.0 Å². The van der Waals surface area contributed by atoms with Crippen LogP contribution in [0.15, 0.2) is 12.1 Å². The third kappa shape index (κ3) is 1.91. The SMILES string of the molecule is Fc1ccc(Cl)c(C(F)(F)F)c1F. The van der Waals surface area contributed by atoms with Gasteiger partial charge >= 0.3 is 6.18 Å². The van der Waals surface area contributed by atoms with E-state index in [4.69, 9.17) is 11.6 Å². The lowest BCUT2D eigenvalue weighted by Gasteiger charge is -2.09. The molecule has 0 saturated carbocycles. The molecule has 0 aromatic heterocycles. The fraction of sp³-hybridized carbons (Fsp3) is 0.143. The summed E-state index contributed by atoms with van der Waals surface area (Å²) < 4.78 is 60.9. The predicted molar refractivity (Wildman–Crippen MR) is 36.4 cm³/mol. The van der Waals surface area contributed by atoms with Gasteiger partial charge in [-0.05, 0) is 12.1 Å². The number of halogens is 6. The van der Waals surface area contributed by atoms with Gasteiger partial charge in [0.15, 0.2) is 11.6 Å². The van der Waals surface area contributed by atoms with E-state index in [2.05, 4.69) is 0 Å². The molecule has 0 nitrogen and oxygen atoms in total. The normalized spacial score (nSPS) is 11.8. The molecule has 0 bridgehead atoms. The molecule has 0 N–H and O–H groups in total. The standard InChI is InChI=1S/C7H2ClF5/c8-3-1-2-4(9)6(10)5(3)7(11,12)13/h1-2H. The molecule has 0 aliphatic rings. The number of benzene rings is 1. The van der Waals surface area contributed by atoms with Gasteiger partial charge < -0.3 is 0 Å². The molecule has 0 saturated heterocycles. The first-order chi connectivity index (χ1) is 5.84. The second-order valence-corrected chi connectivity index (χ2v) is 2.62. The third-order valence-corrected chi connectivity index (χ3v) is 1.64. The Labute approximate surface area is 74.9 Å². The van der Waals surface area contributed by atoms with E-state index in [0.717, 1.165) is 0 Å². The predicted octanol–water partition coefficient (Wildman–Crippen LogP) is 3.64. The summed E-state index contributed by atoms with van der Waals surface area (Å²) >= 11 is 5.06. The highest BCUT2D eigenvalue weighted by atomic mass is 35.5. The van der Waals surface area contributed by atoms with Crippen LogP contribution in [-0.4, -0.2) is 0 Å². The Morgan fingerprint density at radius 1 is 1.08 bits per heavy atom. The quantitative estimate of drug-likeness (QED) is 0.459. The first-order valence-corrected chi connectivity index (χ1v) is 3.42. The maximum Gasteiger partial charge on any atom is 0.420 e. The second kappa shape index (κ2) is 3.14. The first-order valence-electron chi connectivity index (χ1n) is 3.04. The lowest BCUT2D eigenvalue weighted by Crippen LogP contribution is -2.10. The monoisotopic (exact) mass is 216 g/mol. The van der Waals surface area contributed by atoms with Crippen molar-refractivity contribution in [1.29, 1.82) is 0 Å². The highest BCUT2D eigenvalue weighted by Gasteiger charge is 2.37. The molecular weight excluding hydrogens is 215 g/mol. The molecule has 13 heavy (non-hydrogen) atoms. The molecule has 1 aromatic rings. The molecular formula is C7H2ClF5. The average molecular weight is 217 g/mol. The van der Waals surface area contributed by atoms with Crippen molar-refractivity contribution in [2.24, 2.45) is 0 Å². The summed E-state index contributed by atoms with van der Waals surface area (Å²) in [7, 11) is 0. The Balaban J connectivity index is 3.43. The smallest absolute Gasteiger partial charge is 0.204 e. The Kier molecular flexibility index (Phi) is 2.47. The molecule has 0 radical (unpaired) electrons. The molecule has 0 heterocycles. The van der Waals surface area contributed by atoms with Crippen LogP contribution in [0.4, 0.5) is 22.0 Å². The summed E-state index contributed by atoms with van der Waals surface area (Å²) in [5.74, 6) is -3.54. The van der Waals surface area contributed by atoms with Crippen LogP contribution in [0.2, 0.25) is 5.02 Å². The fourth-order valence-corrected chi connectivity index (χ4v) is 1.04. The van der Waals surface area contributed by atoms with Gasteiger partial charge in [0.25, 0.3) is 0 Å². The van der Waals surface area contributed by atoms with Gasteiger partial charge in [-0.2, -0.15) is 13.2 Å². The zero-order valence-corrected chi connectivity index (χ0v) is 6.68. The molecule has 0 amide bonds. The van der Waals surface area contributed by atoms with Crippen molar-refractivity contribution in [3.63, 3.8) is 0 Å². The van der Waals surface area contributed by atoms with E-state index in [-0.39, 0.29) is 0 Å². The third-order valence-electron chi connectivity index (χ3n) is 1.33. The van der Waals surface area contributed by atoms with Gasteiger partial charge in [0.1, 0.15) is 5.56 Å². The van der Waals surface area contributed by atoms with Gasteiger partial charge in [0.2, 0.25) is 0 Å². The van der Waals surface area contributed by atoms with Gasteiger partial charge in [-0.15, -0.1) is 0 Å². The topological polar surface area (TPSA) is 0 Å². The minimum absolute atomic E-state index is 0.535. The zero-order chi connectivity index (χ0) is 10.2. The van der Waals surface area contributed by atoms with Gasteiger partial charge in [-0.3, -0.25) is 0 Å². The van der Waals surface area contributed by atoms with E-state index in [1.54, 1.807) is 0 Å². The Morgan fingerprint density at radius 2 is 1.62 bits per heavy atom. The van der Waals surface area contributed by atoms with Crippen molar-refractivity contribution in [3.8, 4) is 0 Å². The van der Waals surface area contributed by atoms with E-state index in [1.807, 2.05) is 0 Å². The maximum absolute atomic E-state index is 12.6. The summed E-state index contributed by atoms with van der Waals surface area (Å²) in [5.41, 5.74) is -1.77. The lowest BCUT2D eigenvalue weighted by molar-refractivity contribution is -0.140. The largest absolute Gasteiger partial charge is 0.420 e. The maximum atomic E-state index is 12.6. The number of rotatable bonds is 0. The minimum Gasteiger partial charge on any atom is -0.204 e. The van der Waals surface area contributed by atoms with E-state index >= 15 is 0 Å².